The van der Waals surface area contributed by atoms with E-state index in [0.29, 0.717) is 12.2 Å². The molecule has 1 aliphatic rings. The number of rotatable bonds is 4. The van der Waals surface area contributed by atoms with Crippen molar-refractivity contribution in [3.05, 3.63) is 34.1 Å². The molecule has 2 rings (SSSR count). The van der Waals surface area contributed by atoms with Gasteiger partial charge in [-0.1, -0.05) is 22.9 Å². The predicted molar refractivity (Wildman–Crippen MR) is 70.9 cm³/mol. The molecule has 0 bridgehead atoms. The van der Waals surface area contributed by atoms with Crippen molar-refractivity contribution in [3.63, 3.8) is 0 Å². The Morgan fingerprint density at radius 1 is 1.56 bits per heavy atom. The van der Waals surface area contributed by atoms with Gasteiger partial charge in [-0.2, -0.15) is 0 Å². The van der Waals surface area contributed by atoms with Gasteiger partial charge in [0, 0.05) is 23.4 Å². The standard InChI is InChI=1S/C14H16BrFO2/c1-2-14-11(5-6-18-14)13(17)8-9-7-10(16)3-4-12(9)15/h3-4,7,11,14H,2,5-6,8H2,1H3. The number of carbonyl (C=O) groups is 1. The second kappa shape index (κ2) is 5.93. The molecule has 2 unspecified atom stereocenters. The SMILES string of the molecule is CCC1OCCC1C(=O)Cc1cc(F)ccc1Br. The molecule has 1 aromatic carbocycles. The average Bonchev–Trinajstić information content (AvgIpc) is 2.82. The summed E-state index contributed by atoms with van der Waals surface area (Å²) in [6, 6.07) is 4.44. The first kappa shape index (κ1) is 13.7. The molecule has 0 amide bonds. The highest BCUT2D eigenvalue weighted by Crippen LogP contribution is 2.27. The van der Waals surface area contributed by atoms with Gasteiger partial charge in [0.15, 0.2) is 0 Å². The van der Waals surface area contributed by atoms with Gasteiger partial charge in [-0.15, -0.1) is 0 Å². The summed E-state index contributed by atoms with van der Waals surface area (Å²) in [6.07, 6.45) is 1.93. The lowest BCUT2D eigenvalue weighted by atomic mass is 9.91. The minimum absolute atomic E-state index is 0.0323. The van der Waals surface area contributed by atoms with Crippen LogP contribution >= 0.6 is 15.9 Å². The highest BCUT2D eigenvalue weighted by Gasteiger charge is 2.32. The second-order valence-corrected chi connectivity index (χ2v) is 5.45. The molecule has 0 saturated carbocycles. The van der Waals surface area contributed by atoms with Gasteiger partial charge in [-0.05, 0) is 36.6 Å². The first-order valence-corrected chi connectivity index (χ1v) is 6.99. The Morgan fingerprint density at radius 2 is 2.33 bits per heavy atom. The lowest BCUT2D eigenvalue weighted by Crippen LogP contribution is -2.25. The Hall–Kier alpha value is -0.740. The quantitative estimate of drug-likeness (QED) is 0.850. The third kappa shape index (κ3) is 2.98. The zero-order valence-corrected chi connectivity index (χ0v) is 11.9. The van der Waals surface area contributed by atoms with E-state index < -0.39 is 0 Å². The van der Waals surface area contributed by atoms with Crippen LogP contribution in [0.25, 0.3) is 0 Å². The summed E-state index contributed by atoms with van der Waals surface area (Å²) >= 11 is 3.35. The van der Waals surface area contributed by atoms with Crippen molar-refractivity contribution in [1.29, 1.82) is 0 Å². The van der Waals surface area contributed by atoms with Gasteiger partial charge in [-0.3, -0.25) is 4.79 Å². The van der Waals surface area contributed by atoms with E-state index in [4.69, 9.17) is 4.74 Å². The summed E-state index contributed by atoms with van der Waals surface area (Å²) in [5.74, 6) is -0.202. The fourth-order valence-electron chi connectivity index (χ4n) is 2.42. The molecule has 1 heterocycles. The van der Waals surface area contributed by atoms with Gasteiger partial charge in [-0.25, -0.2) is 4.39 Å². The summed E-state index contributed by atoms with van der Waals surface area (Å²) in [6.45, 7) is 2.67. The number of ether oxygens (including phenoxy) is 1. The van der Waals surface area contributed by atoms with Gasteiger partial charge in [0.05, 0.1) is 6.10 Å². The van der Waals surface area contributed by atoms with Crippen molar-refractivity contribution in [1.82, 2.24) is 0 Å². The molecule has 1 aliphatic heterocycles. The minimum atomic E-state index is -0.310. The molecule has 1 saturated heterocycles. The summed E-state index contributed by atoms with van der Waals surface area (Å²) in [5.41, 5.74) is 0.710. The average molecular weight is 315 g/mol. The van der Waals surface area contributed by atoms with Crippen LogP contribution in [0.2, 0.25) is 0 Å². The first-order valence-electron chi connectivity index (χ1n) is 6.20. The van der Waals surface area contributed by atoms with E-state index in [1.165, 1.54) is 12.1 Å². The van der Waals surface area contributed by atoms with E-state index in [0.717, 1.165) is 17.3 Å². The molecule has 0 aliphatic carbocycles. The molecule has 0 aromatic heterocycles. The van der Waals surface area contributed by atoms with E-state index in [1.807, 2.05) is 6.92 Å². The maximum absolute atomic E-state index is 13.2. The number of benzene rings is 1. The third-order valence-electron chi connectivity index (χ3n) is 3.40. The van der Waals surface area contributed by atoms with Crippen LogP contribution in [-0.2, 0) is 16.0 Å². The van der Waals surface area contributed by atoms with E-state index in [1.54, 1.807) is 6.07 Å². The summed E-state index contributed by atoms with van der Waals surface area (Å²) in [5, 5.41) is 0. The van der Waals surface area contributed by atoms with Gasteiger partial charge in [0.25, 0.3) is 0 Å². The Morgan fingerprint density at radius 3 is 3.06 bits per heavy atom. The Bertz CT molecular complexity index is 447. The third-order valence-corrected chi connectivity index (χ3v) is 4.17. The molecule has 0 N–H and O–H groups in total. The number of halogens is 2. The maximum Gasteiger partial charge on any atom is 0.143 e. The topological polar surface area (TPSA) is 26.3 Å². The van der Waals surface area contributed by atoms with Crippen LogP contribution in [0.3, 0.4) is 0 Å². The molecular weight excluding hydrogens is 299 g/mol. The van der Waals surface area contributed by atoms with Gasteiger partial charge >= 0.3 is 0 Å². The van der Waals surface area contributed by atoms with Crippen LogP contribution in [0.4, 0.5) is 4.39 Å². The predicted octanol–water partition coefficient (Wildman–Crippen LogP) is 3.51. The van der Waals surface area contributed by atoms with Gasteiger partial charge in [0.2, 0.25) is 0 Å². The van der Waals surface area contributed by atoms with Crippen LogP contribution in [0.15, 0.2) is 22.7 Å². The molecule has 0 radical (unpaired) electrons. The molecule has 2 atom stereocenters. The van der Waals surface area contributed by atoms with E-state index in [2.05, 4.69) is 15.9 Å². The number of hydrogen-bond donors (Lipinski definition) is 0. The van der Waals surface area contributed by atoms with Gasteiger partial charge in [0.1, 0.15) is 11.6 Å². The fourth-order valence-corrected chi connectivity index (χ4v) is 2.80. The molecule has 18 heavy (non-hydrogen) atoms. The largest absolute Gasteiger partial charge is 0.377 e. The van der Waals surface area contributed by atoms with Crippen molar-refractivity contribution in [2.24, 2.45) is 5.92 Å². The van der Waals surface area contributed by atoms with E-state index >= 15 is 0 Å². The summed E-state index contributed by atoms with van der Waals surface area (Å²) in [4.78, 5) is 12.2. The molecule has 2 nitrogen and oxygen atoms in total. The van der Waals surface area contributed by atoms with Crippen LogP contribution in [0.5, 0.6) is 0 Å². The highest BCUT2D eigenvalue weighted by atomic mass is 79.9. The number of ketones is 1. The Kier molecular flexibility index (Phi) is 4.51. The zero-order valence-electron chi connectivity index (χ0n) is 10.3. The number of carbonyl (C=O) groups excluding carboxylic acids is 1. The zero-order chi connectivity index (χ0) is 13.1. The minimum Gasteiger partial charge on any atom is -0.377 e. The van der Waals surface area contributed by atoms with Crippen molar-refractivity contribution >= 4 is 21.7 Å². The summed E-state index contributed by atoms with van der Waals surface area (Å²) < 4.78 is 19.5. The van der Waals surface area contributed by atoms with Crippen LogP contribution < -0.4 is 0 Å². The van der Waals surface area contributed by atoms with Crippen molar-refractivity contribution in [2.75, 3.05) is 6.61 Å². The van der Waals surface area contributed by atoms with Crippen molar-refractivity contribution in [3.8, 4) is 0 Å². The highest BCUT2D eigenvalue weighted by molar-refractivity contribution is 9.10. The van der Waals surface area contributed by atoms with Crippen LogP contribution in [-0.4, -0.2) is 18.5 Å². The van der Waals surface area contributed by atoms with Crippen molar-refractivity contribution in [2.45, 2.75) is 32.3 Å². The number of hydrogen-bond acceptors (Lipinski definition) is 2. The van der Waals surface area contributed by atoms with Crippen LogP contribution in [0, 0.1) is 11.7 Å². The first-order chi connectivity index (χ1) is 8.61. The molecule has 1 aromatic rings. The van der Waals surface area contributed by atoms with E-state index in [-0.39, 0.29) is 30.0 Å². The fraction of sp³-hybridized carbons (Fsp3) is 0.500. The molecule has 1 fully saturated rings. The van der Waals surface area contributed by atoms with Gasteiger partial charge < -0.3 is 4.74 Å². The Balaban J connectivity index is 2.09. The normalized spacial score (nSPS) is 23.3. The monoisotopic (exact) mass is 314 g/mol. The lowest BCUT2D eigenvalue weighted by Gasteiger charge is -2.15. The summed E-state index contributed by atoms with van der Waals surface area (Å²) in [7, 11) is 0. The molecular formula is C14H16BrFO2. The second-order valence-electron chi connectivity index (χ2n) is 4.59. The number of Topliss-reactive ketones (excluding diaryl/α,β-unsaturated/α-hetero) is 1. The maximum atomic E-state index is 13.2. The Labute approximate surface area is 115 Å². The molecule has 98 valence electrons. The van der Waals surface area contributed by atoms with E-state index in [9.17, 15) is 9.18 Å². The van der Waals surface area contributed by atoms with Crippen molar-refractivity contribution < 1.29 is 13.9 Å². The molecule has 0 spiro atoms. The lowest BCUT2D eigenvalue weighted by molar-refractivity contribution is -0.123. The smallest absolute Gasteiger partial charge is 0.143 e. The molecule has 4 heteroatoms. The van der Waals surface area contributed by atoms with Crippen LogP contribution in [0.1, 0.15) is 25.3 Å².